The summed E-state index contributed by atoms with van der Waals surface area (Å²) in [4.78, 5) is 12.3. The number of fused-ring (bicyclic) bond motifs is 5. The van der Waals surface area contributed by atoms with Crippen LogP contribution in [0, 0.1) is 28.6 Å². The molecule has 4 rings (SSSR count). The van der Waals surface area contributed by atoms with Crippen LogP contribution in [0.3, 0.4) is 0 Å². The number of carbonyl (C=O) groups excluding carboxylic acids is 1. The van der Waals surface area contributed by atoms with E-state index in [1.54, 1.807) is 5.57 Å². The second-order valence-electron chi connectivity index (χ2n) is 7.89. The van der Waals surface area contributed by atoms with E-state index in [0.29, 0.717) is 23.5 Å². The van der Waals surface area contributed by atoms with Crippen molar-refractivity contribution < 1.29 is 4.79 Å². The van der Waals surface area contributed by atoms with Gasteiger partial charge in [-0.2, -0.15) is 0 Å². The summed E-state index contributed by atoms with van der Waals surface area (Å²) < 4.78 is 0. The summed E-state index contributed by atoms with van der Waals surface area (Å²) in [7, 11) is 0. The Kier molecular flexibility index (Phi) is 2.59. The number of carbonyl (C=O) groups is 1. The average molecular weight is 280 g/mol. The van der Waals surface area contributed by atoms with E-state index in [-0.39, 0.29) is 10.8 Å². The molecule has 0 amide bonds. The third-order valence-corrected chi connectivity index (χ3v) is 6.61. The summed E-state index contributed by atoms with van der Waals surface area (Å²) in [6, 6.07) is 0. The smallest absolute Gasteiger partial charge is 0.162 e. The molecule has 0 aromatic heterocycles. The summed E-state index contributed by atoms with van der Waals surface area (Å²) in [5.41, 5.74) is 3.09. The van der Waals surface area contributed by atoms with Gasteiger partial charge in [0.1, 0.15) is 0 Å². The zero-order chi connectivity index (χ0) is 14.8. The summed E-state index contributed by atoms with van der Waals surface area (Å²) >= 11 is 0. The second-order valence-corrected chi connectivity index (χ2v) is 7.89. The lowest BCUT2D eigenvalue weighted by Gasteiger charge is -2.51. The van der Waals surface area contributed by atoms with Gasteiger partial charge in [0.15, 0.2) is 5.78 Å². The molecule has 21 heavy (non-hydrogen) atoms. The van der Waals surface area contributed by atoms with Crippen LogP contribution in [0.5, 0.6) is 0 Å². The predicted octanol–water partition coefficient (Wildman–Crippen LogP) is 4.63. The highest BCUT2D eigenvalue weighted by Crippen LogP contribution is 2.60. The molecule has 0 aromatic rings. The van der Waals surface area contributed by atoms with Crippen LogP contribution < -0.4 is 0 Å². The molecule has 1 fully saturated rings. The SMILES string of the molecule is CC1C=C[C@@]2(C)C(=CC=C3C2CC[C@]2(C)C(=O)C=CC32)C1. The van der Waals surface area contributed by atoms with E-state index >= 15 is 0 Å². The van der Waals surface area contributed by atoms with E-state index in [0.717, 1.165) is 12.8 Å². The van der Waals surface area contributed by atoms with Crippen molar-refractivity contribution in [2.24, 2.45) is 28.6 Å². The number of rotatable bonds is 0. The number of allylic oxidation sites excluding steroid dienone is 8. The molecule has 0 spiro atoms. The molecule has 0 saturated heterocycles. The van der Waals surface area contributed by atoms with Gasteiger partial charge < -0.3 is 0 Å². The lowest BCUT2D eigenvalue weighted by atomic mass is 9.52. The zero-order valence-corrected chi connectivity index (χ0v) is 13.2. The van der Waals surface area contributed by atoms with E-state index in [9.17, 15) is 4.79 Å². The van der Waals surface area contributed by atoms with Crippen molar-refractivity contribution in [1.29, 1.82) is 0 Å². The minimum Gasteiger partial charge on any atom is -0.294 e. The first-order valence-corrected chi connectivity index (χ1v) is 8.28. The predicted molar refractivity (Wildman–Crippen MR) is 85.7 cm³/mol. The Hall–Kier alpha value is -1.37. The first-order chi connectivity index (χ1) is 9.95. The quantitative estimate of drug-likeness (QED) is 0.591. The van der Waals surface area contributed by atoms with E-state index in [1.807, 2.05) is 6.08 Å². The van der Waals surface area contributed by atoms with Gasteiger partial charge in [-0.25, -0.2) is 0 Å². The highest BCUT2D eigenvalue weighted by atomic mass is 16.1. The third kappa shape index (κ3) is 1.61. The Morgan fingerprint density at radius 2 is 2.00 bits per heavy atom. The fourth-order valence-electron chi connectivity index (χ4n) is 5.08. The molecule has 1 nitrogen and oxygen atoms in total. The van der Waals surface area contributed by atoms with Crippen molar-refractivity contribution in [3.05, 3.63) is 47.6 Å². The van der Waals surface area contributed by atoms with Crippen LogP contribution in [-0.2, 0) is 4.79 Å². The summed E-state index contributed by atoms with van der Waals surface area (Å²) in [6.45, 7) is 6.87. The van der Waals surface area contributed by atoms with Gasteiger partial charge in [0.2, 0.25) is 0 Å². The average Bonchev–Trinajstić information content (AvgIpc) is 2.76. The van der Waals surface area contributed by atoms with E-state index in [2.05, 4.69) is 51.2 Å². The highest BCUT2D eigenvalue weighted by molar-refractivity contribution is 5.98. The monoisotopic (exact) mass is 280 g/mol. The van der Waals surface area contributed by atoms with E-state index in [1.165, 1.54) is 12.0 Å². The topological polar surface area (TPSA) is 17.1 Å². The molecule has 110 valence electrons. The van der Waals surface area contributed by atoms with Gasteiger partial charge in [0.25, 0.3) is 0 Å². The third-order valence-electron chi connectivity index (χ3n) is 6.61. The first-order valence-electron chi connectivity index (χ1n) is 8.28. The molecule has 0 heterocycles. The van der Waals surface area contributed by atoms with Crippen molar-refractivity contribution in [3.63, 3.8) is 0 Å². The first kappa shape index (κ1) is 13.3. The maximum atomic E-state index is 12.3. The second kappa shape index (κ2) is 4.09. The van der Waals surface area contributed by atoms with Gasteiger partial charge in [-0.15, -0.1) is 0 Å². The maximum absolute atomic E-state index is 12.3. The van der Waals surface area contributed by atoms with Crippen LogP contribution >= 0.6 is 0 Å². The summed E-state index contributed by atoms with van der Waals surface area (Å²) in [5.74, 6) is 1.89. The van der Waals surface area contributed by atoms with Crippen LogP contribution in [0.25, 0.3) is 0 Å². The lowest BCUT2D eigenvalue weighted by Crippen LogP contribution is -2.44. The molecule has 0 bridgehead atoms. The van der Waals surface area contributed by atoms with Crippen LogP contribution in [-0.4, -0.2) is 5.78 Å². The van der Waals surface area contributed by atoms with Gasteiger partial charge in [-0.05, 0) is 37.2 Å². The Morgan fingerprint density at radius 1 is 1.19 bits per heavy atom. The fraction of sp³-hybridized carbons (Fsp3) is 0.550. The normalized spacial score (nSPS) is 47.4. The van der Waals surface area contributed by atoms with Crippen LogP contribution in [0.2, 0.25) is 0 Å². The van der Waals surface area contributed by atoms with Gasteiger partial charge >= 0.3 is 0 Å². The Morgan fingerprint density at radius 3 is 2.81 bits per heavy atom. The van der Waals surface area contributed by atoms with Crippen molar-refractivity contribution >= 4 is 5.78 Å². The summed E-state index contributed by atoms with van der Waals surface area (Å²) in [5, 5.41) is 0. The van der Waals surface area contributed by atoms with Crippen molar-refractivity contribution in [2.45, 2.75) is 40.0 Å². The highest BCUT2D eigenvalue weighted by Gasteiger charge is 2.53. The van der Waals surface area contributed by atoms with Gasteiger partial charge in [0, 0.05) is 16.7 Å². The molecule has 1 heteroatoms. The molecule has 1 saturated carbocycles. The fourth-order valence-corrected chi connectivity index (χ4v) is 5.08. The minimum absolute atomic E-state index is 0.171. The number of hydrogen-bond donors (Lipinski definition) is 0. The molecule has 0 radical (unpaired) electrons. The molecule has 4 aliphatic rings. The molecule has 3 unspecified atom stereocenters. The summed E-state index contributed by atoms with van der Waals surface area (Å²) in [6.07, 6.45) is 16.9. The van der Waals surface area contributed by atoms with E-state index < -0.39 is 0 Å². The van der Waals surface area contributed by atoms with E-state index in [4.69, 9.17) is 0 Å². The zero-order valence-electron chi connectivity index (χ0n) is 13.2. The maximum Gasteiger partial charge on any atom is 0.162 e. The lowest BCUT2D eigenvalue weighted by molar-refractivity contribution is -0.124. The minimum atomic E-state index is -0.171. The van der Waals surface area contributed by atoms with Gasteiger partial charge in [-0.3, -0.25) is 4.79 Å². The van der Waals surface area contributed by atoms with Crippen LogP contribution in [0.1, 0.15) is 40.0 Å². The van der Waals surface area contributed by atoms with Crippen molar-refractivity contribution in [1.82, 2.24) is 0 Å². The molecule has 5 atom stereocenters. The molecular weight excluding hydrogens is 256 g/mol. The Bertz CT molecular complexity index is 632. The van der Waals surface area contributed by atoms with Crippen LogP contribution in [0.4, 0.5) is 0 Å². The van der Waals surface area contributed by atoms with Crippen molar-refractivity contribution in [2.75, 3.05) is 0 Å². The molecule has 0 aliphatic heterocycles. The number of hydrogen-bond acceptors (Lipinski definition) is 1. The molecular formula is C20H24O. The Labute approximate surface area is 127 Å². The Balaban J connectivity index is 1.81. The molecule has 0 N–H and O–H groups in total. The largest absolute Gasteiger partial charge is 0.294 e. The van der Waals surface area contributed by atoms with Gasteiger partial charge in [-0.1, -0.05) is 62.3 Å². The van der Waals surface area contributed by atoms with Gasteiger partial charge in [0.05, 0.1) is 0 Å². The standard InChI is InChI=1S/C20H24O/c1-13-8-10-19(2)14(12-13)4-5-15-16-6-7-18(21)20(16,3)11-9-17(15)19/h4-8,10,13,16-17H,9,11-12H2,1-3H3/t13?,16?,17?,19-,20-/m0/s1. The molecule has 0 aromatic carbocycles. The van der Waals surface area contributed by atoms with Crippen LogP contribution in [0.15, 0.2) is 47.6 Å². The van der Waals surface area contributed by atoms with Crippen molar-refractivity contribution in [3.8, 4) is 0 Å². The number of ketones is 1. The molecule has 4 aliphatic carbocycles.